The molecule has 0 aliphatic carbocycles. The van der Waals surface area contributed by atoms with Gasteiger partial charge in [-0.25, -0.2) is 0 Å². The fourth-order valence-electron chi connectivity index (χ4n) is 1.48. The molecule has 0 fully saturated rings. The highest BCUT2D eigenvalue weighted by molar-refractivity contribution is 8.00. The first-order valence-corrected chi connectivity index (χ1v) is 6.74. The molecular weight excluding hydrogens is 304 g/mol. The summed E-state index contributed by atoms with van der Waals surface area (Å²) in [5.41, 5.74) is -4.52. The van der Waals surface area contributed by atoms with Gasteiger partial charge in [-0.2, -0.15) is 26.3 Å². The quantitative estimate of drug-likeness (QED) is 0.615. The van der Waals surface area contributed by atoms with Crippen molar-refractivity contribution >= 4 is 11.8 Å². The van der Waals surface area contributed by atoms with E-state index in [1.165, 1.54) is 12.1 Å². The molecule has 0 aliphatic rings. The Bertz CT molecular complexity index is 415. The van der Waals surface area contributed by atoms with Crippen LogP contribution < -0.4 is 5.32 Å². The average Bonchev–Trinajstić information content (AvgIpc) is 2.31. The molecule has 114 valence electrons. The van der Waals surface area contributed by atoms with Crippen LogP contribution in [0.25, 0.3) is 0 Å². The highest BCUT2D eigenvalue weighted by atomic mass is 32.2. The van der Waals surface area contributed by atoms with Gasteiger partial charge in [0.15, 0.2) is 0 Å². The van der Waals surface area contributed by atoms with Gasteiger partial charge in [0.05, 0.1) is 5.56 Å². The standard InChI is InChI=1S/C12H13F6NS/c13-11(14,15)10-4-1-3-9(7-10)8-19-5-2-6-20-12(16,17)18/h1,3-4,7,19H,2,5-6,8H2. The maximum Gasteiger partial charge on any atom is 0.441 e. The van der Waals surface area contributed by atoms with Crippen molar-refractivity contribution in [1.82, 2.24) is 5.32 Å². The van der Waals surface area contributed by atoms with E-state index >= 15 is 0 Å². The van der Waals surface area contributed by atoms with Crippen molar-refractivity contribution in [2.45, 2.75) is 24.7 Å². The fourth-order valence-corrected chi connectivity index (χ4v) is 2.00. The zero-order valence-corrected chi connectivity index (χ0v) is 11.1. The molecule has 0 bridgehead atoms. The van der Waals surface area contributed by atoms with Crippen molar-refractivity contribution in [1.29, 1.82) is 0 Å². The summed E-state index contributed by atoms with van der Waals surface area (Å²) in [7, 11) is 0. The number of alkyl halides is 6. The van der Waals surface area contributed by atoms with Crippen molar-refractivity contribution < 1.29 is 26.3 Å². The molecule has 0 unspecified atom stereocenters. The lowest BCUT2D eigenvalue weighted by Gasteiger charge is -2.10. The van der Waals surface area contributed by atoms with E-state index in [4.69, 9.17) is 0 Å². The van der Waals surface area contributed by atoms with E-state index in [0.29, 0.717) is 18.5 Å². The Morgan fingerprint density at radius 2 is 1.75 bits per heavy atom. The zero-order valence-electron chi connectivity index (χ0n) is 10.3. The van der Waals surface area contributed by atoms with E-state index in [0.717, 1.165) is 12.1 Å². The predicted octanol–water partition coefficient (Wildman–Crippen LogP) is 4.44. The summed E-state index contributed by atoms with van der Waals surface area (Å²) in [6.07, 6.45) is -4.09. The first-order valence-electron chi connectivity index (χ1n) is 5.76. The summed E-state index contributed by atoms with van der Waals surface area (Å²) in [6.45, 7) is 0.514. The van der Waals surface area contributed by atoms with Crippen LogP contribution in [-0.2, 0) is 12.7 Å². The van der Waals surface area contributed by atoms with E-state index in [1.807, 2.05) is 0 Å². The molecule has 0 atom stereocenters. The molecule has 0 aliphatic heterocycles. The van der Waals surface area contributed by atoms with Crippen LogP contribution in [0.1, 0.15) is 17.5 Å². The molecule has 1 rings (SSSR count). The van der Waals surface area contributed by atoms with Crippen LogP contribution in [0.2, 0.25) is 0 Å². The molecule has 1 N–H and O–H groups in total. The Balaban J connectivity index is 2.29. The van der Waals surface area contributed by atoms with Crippen LogP contribution in [0.3, 0.4) is 0 Å². The Morgan fingerprint density at radius 1 is 1.05 bits per heavy atom. The van der Waals surface area contributed by atoms with Crippen LogP contribution in [0.15, 0.2) is 24.3 Å². The molecule has 0 heterocycles. The molecule has 1 nitrogen and oxygen atoms in total. The highest BCUT2D eigenvalue weighted by Gasteiger charge is 2.30. The second-order valence-electron chi connectivity index (χ2n) is 4.02. The highest BCUT2D eigenvalue weighted by Crippen LogP contribution is 2.30. The fraction of sp³-hybridized carbons (Fsp3) is 0.500. The minimum Gasteiger partial charge on any atom is -0.313 e. The molecule has 0 saturated heterocycles. The van der Waals surface area contributed by atoms with E-state index in [-0.39, 0.29) is 24.1 Å². The van der Waals surface area contributed by atoms with Gasteiger partial charge >= 0.3 is 11.7 Å². The molecule has 1 aromatic rings. The number of nitrogens with one attached hydrogen (secondary N) is 1. The summed E-state index contributed by atoms with van der Waals surface area (Å²) in [6, 6.07) is 4.84. The SMILES string of the molecule is FC(F)(F)SCCCNCc1cccc(C(F)(F)F)c1. The number of benzene rings is 1. The van der Waals surface area contributed by atoms with E-state index in [9.17, 15) is 26.3 Å². The minimum absolute atomic E-state index is 0.0703. The third kappa shape index (κ3) is 7.04. The molecule has 0 radical (unpaired) electrons. The van der Waals surface area contributed by atoms with Gasteiger partial charge in [-0.1, -0.05) is 30.0 Å². The second-order valence-corrected chi connectivity index (χ2v) is 5.18. The second kappa shape index (κ2) is 7.21. The van der Waals surface area contributed by atoms with Gasteiger partial charge in [0.25, 0.3) is 0 Å². The van der Waals surface area contributed by atoms with Gasteiger partial charge in [-0.3, -0.25) is 0 Å². The number of hydrogen-bond donors (Lipinski definition) is 1. The molecule has 20 heavy (non-hydrogen) atoms. The smallest absolute Gasteiger partial charge is 0.313 e. The van der Waals surface area contributed by atoms with Crippen molar-refractivity contribution in [2.24, 2.45) is 0 Å². The monoisotopic (exact) mass is 317 g/mol. The van der Waals surface area contributed by atoms with Gasteiger partial charge in [0.2, 0.25) is 0 Å². The molecular formula is C12H13F6NS. The van der Waals surface area contributed by atoms with Gasteiger partial charge in [-0.05, 0) is 24.6 Å². The van der Waals surface area contributed by atoms with Crippen LogP contribution in [0, 0.1) is 0 Å². The normalized spacial score (nSPS) is 12.7. The van der Waals surface area contributed by atoms with Gasteiger partial charge < -0.3 is 5.32 Å². The summed E-state index contributed by atoms with van der Waals surface area (Å²) in [5.74, 6) is -0.0703. The summed E-state index contributed by atoms with van der Waals surface area (Å²) in [5, 5.41) is 2.82. The van der Waals surface area contributed by atoms with E-state index in [2.05, 4.69) is 5.32 Å². The largest absolute Gasteiger partial charge is 0.441 e. The van der Waals surface area contributed by atoms with E-state index in [1.54, 1.807) is 0 Å². The lowest BCUT2D eigenvalue weighted by Crippen LogP contribution is -2.16. The van der Waals surface area contributed by atoms with Crippen LogP contribution >= 0.6 is 11.8 Å². The van der Waals surface area contributed by atoms with Crippen molar-refractivity contribution in [3.05, 3.63) is 35.4 Å². The summed E-state index contributed by atoms with van der Waals surface area (Å²) < 4.78 is 72.8. The first-order chi connectivity index (χ1) is 9.18. The molecule has 0 spiro atoms. The van der Waals surface area contributed by atoms with Gasteiger partial charge in [-0.15, -0.1) is 0 Å². The number of hydrogen-bond acceptors (Lipinski definition) is 2. The summed E-state index contributed by atoms with van der Waals surface area (Å²) in [4.78, 5) is 0. The maximum atomic E-state index is 12.4. The first kappa shape index (κ1) is 17.2. The minimum atomic E-state index is -4.39. The van der Waals surface area contributed by atoms with E-state index < -0.39 is 17.2 Å². The van der Waals surface area contributed by atoms with Crippen molar-refractivity contribution in [2.75, 3.05) is 12.3 Å². The molecule has 0 aromatic heterocycles. The Labute approximate surface area is 116 Å². The number of thioether (sulfide) groups is 1. The Morgan fingerprint density at radius 3 is 2.35 bits per heavy atom. The van der Waals surface area contributed by atoms with Gasteiger partial charge in [0.1, 0.15) is 0 Å². The van der Waals surface area contributed by atoms with Crippen molar-refractivity contribution in [3.63, 3.8) is 0 Å². The molecule has 0 saturated carbocycles. The topological polar surface area (TPSA) is 12.0 Å². The van der Waals surface area contributed by atoms with Crippen LogP contribution in [0.5, 0.6) is 0 Å². The maximum absolute atomic E-state index is 12.4. The molecule has 8 heteroatoms. The van der Waals surface area contributed by atoms with Crippen LogP contribution in [-0.4, -0.2) is 17.8 Å². The lowest BCUT2D eigenvalue weighted by atomic mass is 10.1. The average molecular weight is 317 g/mol. The molecule has 0 amide bonds. The summed E-state index contributed by atoms with van der Waals surface area (Å²) >= 11 is -0.103. The third-order valence-electron chi connectivity index (χ3n) is 2.35. The predicted molar refractivity (Wildman–Crippen MR) is 66.3 cm³/mol. The molecule has 1 aromatic carbocycles. The third-order valence-corrected chi connectivity index (χ3v) is 3.17. The number of halogens is 6. The Kier molecular flexibility index (Phi) is 6.19. The van der Waals surface area contributed by atoms with Gasteiger partial charge in [0, 0.05) is 12.3 Å². The van der Waals surface area contributed by atoms with Crippen LogP contribution in [0.4, 0.5) is 26.3 Å². The number of rotatable bonds is 6. The van der Waals surface area contributed by atoms with Crippen molar-refractivity contribution in [3.8, 4) is 0 Å². The Hall–Kier alpha value is -0.890. The lowest BCUT2D eigenvalue weighted by molar-refractivity contribution is -0.137. The zero-order chi connectivity index (χ0) is 15.2.